The van der Waals surface area contributed by atoms with E-state index in [1.807, 2.05) is 36.4 Å². The zero-order valence-electron chi connectivity index (χ0n) is 20.2. The Balaban J connectivity index is 1.32. The molecular formula is C30H30N2O4. The van der Waals surface area contributed by atoms with Gasteiger partial charge in [0.15, 0.2) is 5.78 Å². The number of aromatic nitrogens is 1. The van der Waals surface area contributed by atoms with Gasteiger partial charge >= 0.3 is 0 Å². The second-order valence-electron chi connectivity index (χ2n) is 9.77. The van der Waals surface area contributed by atoms with Gasteiger partial charge < -0.3 is 19.5 Å². The Labute approximate surface area is 210 Å². The Hall–Kier alpha value is -3.77. The second-order valence-corrected chi connectivity index (χ2v) is 9.77. The van der Waals surface area contributed by atoms with Gasteiger partial charge in [0.25, 0.3) is 0 Å². The Bertz CT molecular complexity index is 1430. The maximum atomic E-state index is 13.9. The van der Waals surface area contributed by atoms with Crippen LogP contribution in [0.15, 0.2) is 60.7 Å². The molecule has 3 heterocycles. The molecule has 6 rings (SSSR count). The molecule has 0 spiro atoms. The van der Waals surface area contributed by atoms with E-state index in [1.54, 1.807) is 24.3 Å². The van der Waals surface area contributed by atoms with Gasteiger partial charge in [-0.3, -0.25) is 9.69 Å². The minimum atomic E-state index is -0.115. The molecule has 2 N–H and O–H groups in total. The van der Waals surface area contributed by atoms with Crippen LogP contribution in [-0.2, 0) is 13.0 Å². The molecule has 4 aromatic rings. The second kappa shape index (κ2) is 9.36. The van der Waals surface area contributed by atoms with Crippen LogP contribution >= 0.6 is 0 Å². The molecule has 1 saturated heterocycles. The summed E-state index contributed by atoms with van der Waals surface area (Å²) in [5.74, 6) is 0.920. The number of likely N-dealkylation sites (tertiary alicyclic amines) is 1. The number of aromatic hydroxyl groups is 2. The number of phenols is 2. The predicted molar refractivity (Wildman–Crippen MR) is 140 cm³/mol. The van der Waals surface area contributed by atoms with Gasteiger partial charge in [0.05, 0.1) is 11.3 Å². The van der Waals surface area contributed by atoms with E-state index in [0.717, 1.165) is 60.7 Å². The molecule has 0 radical (unpaired) electrons. The molecule has 0 atom stereocenters. The highest BCUT2D eigenvalue weighted by atomic mass is 16.5. The zero-order valence-corrected chi connectivity index (χ0v) is 20.2. The Morgan fingerprint density at radius 1 is 0.861 bits per heavy atom. The van der Waals surface area contributed by atoms with Crippen molar-refractivity contribution in [1.29, 1.82) is 0 Å². The molecule has 0 bridgehead atoms. The lowest BCUT2D eigenvalue weighted by molar-refractivity contribution is 0.104. The number of hydrogen-bond donors (Lipinski definition) is 2. The molecule has 3 aromatic carbocycles. The average molecular weight is 483 g/mol. The lowest BCUT2D eigenvalue weighted by Crippen LogP contribution is -2.33. The topological polar surface area (TPSA) is 74.9 Å². The fraction of sp³-hybridized carbons (Fsp3) is 0.300. The van der Waals surface area contributed by atoms with Gasteiger partial charge in [0.2, 0.25) is 0 Å². The quantitative estimate of drug-likeness (QED) is 0.362. The fourth-order valence-electron chi connectivity index (χ4n) is 5.64. The molecule has 2 aliphatic heterocycles. The van der Waals surface area contributed by atoms with Crippen molar-refractivity contribution >= 4 is 16.7 Å². The third-order valence-electron chi connectivity index (χ3n) is 7.47. The number of ether oxygens (including phenoxy) is 1. The first-order chi connectivity index (χ1) is 17.6. The van der Waals surface area contributed by atoms with E-state index >= 15 is 0 Å². The number of fused-ring (bicyclic) bond motifs is 5. The van der Waals surface area contributed by atoms with Crippen molar-refractivity contribution in [3.8, 4) is 28.5 Å². The number of benzene rings is 3. The summed E-state index contributed by atoms with van der Waals surface area (Å²) < 4.78 is 8.08. The number of nitrogens with zero attached hydrogens (tertiary/aromatic N) is 2. The lowest BCUT2D eigenvalue weighted by Gasteiger charge is -2.26. The molecule has 6 nitrogen and oxygen atoms in total. The molecule has 184 valence electrons. The summed E-state index contributed by atoms with van der Waals surface area (Å²) >= 11 is 0. The van der Waals surface area contributed by atoms with Gasteiger partial charge in [0.1, 0.15) is 23.9 Å². The highest BCUT2D eigenvalue weighted by Gasteiger charge is 2.29. The minimum absolute atomic E-state index is 0.115. The summed E-state index contributed by atoms with van der Waals surface area (Å²) in [5, 5.41) is 21.2. The smallest absolute Gasteiger partial charge is 0.195 e. The summed E-state index contributed by atoms with van der Waals surface area (Å²) in [7, 11) is 0. The highest BCUT2D eigenvalue weighted by molar-refractivity contribution is 6.21. The van der Waals surface area contributed by atoms with Crippen molar-refractivity contribution in [2.75, 3.05) is 26.2 Å². The van der Waals surface area contributed by atoms with E-state index in [2.05, 4.69) is 9.47 Å². The molecule has 0 unspecified atom stereocenters. The number of aryl methyl sites for hydroxylation is 2. The van der Waals surface area contributed by atoms with Gasteiger partial charge in [-0.1, -0.05) is 12.5 Å². The normalized spacial score (nSPS) is 15.4. The summed E-state index contributed by atoms with van der Waals surface area (Å²) in [5.41, 5.74) is 4.75. The average Bonchev–Trinajstić information content (AvgIpc) is 3.23. The van der Waals surface area contributed by atoms with Crippen LogP contribution in [0, 0.1) is 0 Å². The molecule has 36 heavy (non-hydrogen) atoms. The minimum Gasteiger partial charge on any atom is -0.508 e. The molecule has 0 saturated carbocycles. The number of hydrogen-bond acceptors (Lipinski definition) is 5. The van der Waals surface area contributed by atoms with E-state index in [9.17, 15) is 15.0 Å². The van der Waals surface area contributed by atoms with E-state index in [4.69, 9.17) is 4.74 Å². The van der Waals surface area contributed by atoms with Crippen LogP contribution in [0.3, 0.4) is 0 Å². The summed E-state index contributed by atoms with van der Waals surface area (Å²) in [6.45, 7) is 4.56. The fourth-order valence-corrected chi connectivity index (χ4v) is 5.64. The number of phenolic OH excluding ortho intramolecular Hbond substituents is 2. The van der Waals surface area contributed by atoms with Crippen LogP contribution in [0.25, 0.3) is 22.2 Å². The maximum Gasteiger partial charge on any atom is 0.195 e. The van der Waals surface area contributed by atoms with E-state index in [1.165, 1.54) is 19.3 Å². The van der Waals surface area contributed by atoms with Crippen LogP contribution in [-0.4, -0.2) is 51.7 Å². The Kier molecular flexibility index (Phi) is 5.89. The zero-order chi connectivity index (χ0) is 24.6. The van der Waals surface area contributed by atoms with Gasteiger partial charge in [-0.2, -0.15) is 0 Å². The lowest BCUT2D eigenvalue weighted by atomic mass is 9.92. The van der Waals surface area contributed by atoms with Gasteiger partial charge in [-0.15, -0.1) is 0 Å². The van der Waals surface area contributed by atoms with Gasteiger partial charge in [-0.05, 0) is 92.5 Å². The highest BCUT2D eigenvalue weighted by Crippen LogP contribution is 2.42. The van der Waals surface area contributed by atoms with Crippen LogP contribution in [0.1, 0.15) is 40.7 Å². The van der Waals surface area contributed by atoms with Crippen LogP contribution in [0.5, 0.6) is 17.2 Å². The monoisotopic (exact) mass is 482 g/mol. The van der Waals surface area contributed by atoms with Crippen molar-refractivity contribution in [1.82, 2.24) is 9.47 Å². The summed E-state index contributed by atoms with van der Waals surface area (Å²) in [6.07, 6.45) is 4.65. The summed E-state index contributed by atoms with van der Waals surface area (Å²) in [6, 6.07) is 17.8. The molecule has 6 heteroatoms. The van der Waals surface area contributed by atoms with E-state index < -0.39 is 0 Å². The molecule has 2 aliphatic rings. The number of piperidine rings is 1. The third kappa shape index (κ3) is 4.11. The SMILES string of the molecule is O=C(c1ccc(OCCN2CCCCC2)cc1)c1c2n(c3ccc(O)cc13)CCc1ccc(O)cc1-2. The number of carbonyl (C=O) groups is 1. The van der Waals surface area contributed by atoms with Crippen molar-refractivity contribution < 1.29 is 19.7 Å². The Morgan fingerprint density at radius 3 is 2.42 bits per heavy atom. The first-order valence-corrected chi connectivity index (χ1v) is 12.8. The first kappa shape index (κ1) is 22.7. The van der Waals surface area contributed by atoms with Crippen molar-refractivity contribution in [3.05, 3.63) is 77.4 Å². The van der Waals surface area contributed by atoms with Gasteiger partial charge in [0, 0.05) is 35.1 Å². The molecule has 0 aliphatic carbocycles. The molecule has 0 amide bonds. The van der Waals surface area contributed by atoms with Crippen LogP contribution in [0.4, 0.5) is 0 Å². The molecular weight excluding hydrogens is 452 g/mol. The van der Waals surface area contributed by atoms with Crippen molar-refractivity contribution in [2.24, 2.45) is 0 Å². The van der Waals surface area contributed by atoms with E-state index in [-0.39, 0.29) is 17.3 Å². The Morgan fingerprint density at radius 2 is 1.61 bits per heavy atom. The number of ketones is 1. The standard InChI is InChI=1S/C30H30N2O4/c33-22-7-4-20-12-15-32-27-11-8-23(34)19-26(27)28(29(32)25(20)18-22)30(35)21-5-9-24(10-6-21)36-17-16-31-13-2-1-3-14-31/h4-11,18-19,33-34H,1-3,12-17H2. The van der Waals surface area contributed by atoms with E-state index in [0.29, 0.717) is 23.1 Å². The number of rotatable bonds is 6. The third-order valence-corrected chi connectivity index (χ3v) is 7.47. The van der Waals surface area contributed by atoms with Crippen molar-refractivity contribution in [2.45, 2.75) is 32.2 Å². The number of carbonyl (C=O) groups excluding carboxylic acids is 1. The predicted octanol–water partition coefficient (Wildman–Crippen LogP) is 5.37. The van der Waals surface area contributed by atoms with Crippen LogP contribution < -0.4 is 4.74 Å². The van der Waals surface area contributed by atoms with Crippen molar-refractivity contribution in [3.63, 3.8) is 0 Å². The molecule has 1 aromatic heterocycles. The van der Waals surface area contributed by atoms with Crippen LogP contribution in [0.2, 0.25) is 0 Å². The first-order valence-electron chi connectivity index (χ1n) is 12.8. The largest absolute Gasteiger partial charge is 0.508 e. The van der Waals surface area contributed by atoms with Gasteiger partial charge in [-0.25, -0.2) is 0 Å². The summed E-state index contributed by atoms with van der Waals surface area (Å²) in [4.78, 5) is 16.4. The maximum absolute atomic E-state index is 13.9. The molecule has 1 fully saturated rings.